The number of hydrogen-bond acceptors (Lipinski definition) is 2. The van der Waals surface area contributed by atoms with Crippen LogP contribution in [0.25, 0.3) is 16.9 Å². The van der Waals surface area contributed by atoms with Gasteiger partial charge >= 0.3 is 0 Å². The third-order valence-electron chi connectivity index (χ3n) is 5.68. The van der Waals surface area contributed by atoms with E-state index >= 15 is 0 Å². The number of nitrogens with zero attached hydrogens (tertiary/aromatic N) is 3. The molecule has 2 atom stereocenters. The van der Waals surface area contributed by atoms with Gasteiger partial charge in [0.2, 0.25) is 0 Å². The molecule has 3 heterocycles. The van der Waals surface area contributed by atoms with Crippen molar-refractivity contribution in [1.29, 1.82) is 0 Å². The molecule has 2 aliphatic rings. The Balaban J connectivity index is 1.47. The predicted molar refractivity (Wildman–Crippen MR) is 97.4 cm³/mol. The van der Waals surface area contributed by atoms with Crippen LogP contribution >= 0.6 is 0 Å². The van der Waals surface area contributed by atoms with Crippen LogP contribution in [0.4, 0.5) is 0 Å². The zero-order valence-electron chi connectivity index (χ0n) is 14.1. The molecule has 4 heteroatoms. The summed E-state index contributed by atoms with van der Waals surface area (Å²) in [6.07, 6.45) is 8.83. The van der Waals surface area contributed by atoms with Gasteiger partial charge in [-0.2, -0.15) is 0 Å². The molecule has 1 aliphatic heterocycles. The van der Waals surface area contributed by atoms with Crippen molar-refractivity contribution < 1.29 is 4.79 Å². The highest BCUT2D eigenvalue weighted by molar-refractivity contribution is 5.94. The summed E-state index contributed by atoms with van der Waals surface area (Å²) in [6, 6.07) is 14.5. The van der Waals surface area contributed by atoms with Gasteiger partial charge in [-0.1, -0.05) is 36.8 Å². The Morgan fingerprint density at radius 1 is 1.04 bits per heavy atom. The Hall–Kier alpha value is -2.62. The average Bonchev–Trinajstić information content (AvgIpc) is 3.21. The maximum absolute atomic E-state index is 13.0. The number of carbonyl (C=O) groups excluding carboxylic acids is 1. The van der Waals surface area contributed by atoms with Gasteiger partial charge in [-0.05, 0) is 37.3 Å². The Bertz CT molecular complexity index is 931. The fourth-order valence-electron chi connectivity index (χ4n) is 4.42. The van der Waals surface area contributed by atoms with Crippen LogP contribution < -0.4 is 0 Å². The van der Waals surface area contributed by atoms with Crippen molar-refractivity contribution in [2.24, 2.45) is 5.92 Å². The van der Waals surface area contributed by atoms with Gasteiger partial charge in [0.25, 0.3) is 5.91 Å². The van der Waals surface area contributed by atoms with Crippen molar-refractivity contribution in [1.82, 2.24) is 14.3 Å². The SMILES string of the molecule is O=C(c1ccc2nc(-c3ccccc3)cn2c1)N1C[C@H]2CCC[C@@H]1C2. The number of amides is 1. The van der Waals surface area contributed by atoms with Crippen LogP contribution in [0.3, 0.4) is 0 Å². The first-order chi connectivity index (χ1) is 12.3. The second-order valence-electron chi connectivity index (χ2n) is 7.32. The van der Waals surface area contributed by atoms with E-state index in [1.807, 2.05) is 47.1 Å². The van der Waals surface area contributed by atoms with Gasteiger partial charge in [-0.15, -0.1) is 0 Å². The van der Waals surface area contributed by atoms with Crippen LogP contribution in [-0.4, -0.2) is 32.8 Å². The van der Waals surface area contributed by atoms with Gasteiger partial charge in [0.15, 0.2) is 0 Å². The molecule has 1 amide bonds. The number of fused-ring (bicyclic) bond motifs is 3. The van der Waals surface area contributed by atoms with Crippen LogP contribution in [0.15, 0.2) is 54.9 Å². The highest BCUT2D eigenvalue weighted by atomic mass is 16.2. The van der Waals surface area contributed by atoms with Crippen molar-refractivity contribution in [2.75, 3.05) is 6.54 Å². The summed E-state index contributed by atoms with van der Waals surface area (Å²) >= 11 is 0. The maximum Gasteiger partial charge on any atom is 0.255 e. The first-order valence-corrected chi connectivity index (χ1v) is 9.13. The highest BCUT2D eigenvalue weighted by Gasteiger charge is 2.38. The Labute approximate surface area is 147 Å². The molecule has 2 fully saturated rings. The topological polar surface area (TPSA) is 37.6 Å². The molecule has 5 rings (SSSR count). The third-order valence-corrected chi connectivity index (χ3v) is 5.68. The largest absolute Gasteiger partial charge is 0.335 e. The van der Waals surface area contributed by atoms with Gasteiger partial charge in [0.05, 0.1) is 11.3 Å². The van der Waals surface area contributed by atoms with E-state index in [-0.39, 0.29) is 5.91 Å². The molecule has 4 nitrogen and oxygen atoms in total. The van der Waals surface area contributed by atoms with E-state index in [1.165, 1.54) is 19.3 Å². The van der Waals surface area contributed by atoms with Crippen LogP contribution in [0, 0.1) is 5.92 Å². The second kappa shape index (κ2) is 5.73. The molecular formula is C21H21N3O. The zero-order valence-corrected chi connectivity index (χ0v) is 14.1. The molecule has 126 valence electrons. The van der Waals surface area contributed by atoms with E-state index in [9.17, 15) is 4.79 Å². The lowest BCUT2D eigenvalue weighted by molar-refractivity contribution is 0.0732. The summed E-state index contributed by atoms with van der Waals surface area (Å²) in [7, 11) is 0. The fraction of sp³-hybridized carbons (Fsp3) is 0.333. The Kier molecular flexibility index (Phi) is 3.37. The molecule has 0 radical (unpaired) electrons. The summed E-state index contributed by atoms with van der Waals surface area (Å²) in [4.78, 5) is 19.8. The molecule has 0 N–H and O–H groups in total. The van der Waals surface area contributed by atoms with E-state index in [0.29, 0.717) is 12.0 Å². The number of rotatable bonds is 2. The minimum absolute atomic E-state index is 0.172. The molecule has 1 aliphatic carbocycles. The van der Waals surface area contributed by atoms with E-state index < -0.39 is 0 Å². The molecule has 1 saturated carbocycles. The van der Waals surface area contributed by atoms with Crippen LogP contribution in [-0.2, 0) is 0 Å². The van der Waals surface area contributed by atoms with Gasteiger partial charge in [0, 0.05) is 30.5 Å². The van der Waals surface area contributed by atoms with Crippen LogP contribution in [0.1, 0.15) is 36.0 Å². The normalized spacial score (nSPS) is 22.5. The van der Waals surface area contributed by atoms with E-state index in [0.717, 1.165) is 35.4 Å². The number of likely N-dealkylation sites (tertiary alicyclic amines) is 1. The molecule has 0 unspecified atom stereocenters. The first kappa shape index (κ1) is 14.7. The van der Waals surface area contributed by atoms with Crippen molar-refractivity contribution in [3.8, 4) is 11.3 Å². The summed E-state index contributed by atoms with van der Waals surface area (Å²) in [6.45, 7) is 0.931. The van der Waals surface area contributed by atoms with Crippen LogP contribution in [0.5, 0.6) is 0 Å². The van der Waals surface area contributed by atoms with Crippen molar-refractivity contribution in [2.45, 2.75) is 31.7 Å². The van der Waals surface area contributed by atoms with Gasteiger partial charge in [0.1, 0.15) is 5.65 Å². The minimum atomic E-state index is 0.172. The Morgan fingerprint density at radius 2 is 1.92 bits per heavy atom. The number of aromatic nitrogens is 2. The van der Waals surface area contributed by atoms with Crippen LogP contribution in [0.2, 0.25) is 0 Å². The molecule has 1 saturated heterocycles. The quantitative estimate of drug-likeness (QED) is 0.711. The predicted octanol–water partition coefficient (Wildman–Crippen LogP) is 4.02. The van der Waals surface area contributed by atoms with E-state index in [1.54, 1.807) is 0 Å². The summed E-state index contributed by atoms with van der Waals surface area (Å²) in [5.41, 5.74) is 3.65. The van der Waals surface area contributed by atoms with E-state index in [4.69, 9.17) is 0 Å². The van der Waals surface area contributed by atoms with Crippen molar-refractivity contribution >= 4 is 11.6 Å². The lowest BCUT2D eigenvalue weighted by atomic mass is 9.90. The summed E-state index contributed by atoms with van der Waals surface area (Å²) < 4.78 is 1.97. The van der Waals surface area contributed by atoms with E-state index in [2.05, 4.69) is 22.0 Å². The Morgan fingerprint density at radius 3 is 2.76 bits per heavy atom. The number of pyridine rings is 1. The van der Waals surface area contributed by atoms with Gasteiger partial charge in [-0.25, -0.2) is 4.98 Å². The molecule has 3 aromatic rings. The molecule has 2 bridgehead atoms. The van der Waals surface area contributed by atoms with Gasteiger partial charge in [-0.3, -0.25) is 4.79 Å². The molecule has 2 aromatic heterocycles. The molecular weight excluding hydrogens is 310 g/mol. The maximum atomic E-state index is 13.0. The number of carbonyl (C=O) groups is 1. The molecule has 1 aromatic carbocycles. The van der Waals surface area contributed by atoms with Crippen molar-refractivity contribution in [3.63, 3.8) is 0 Å². The smallest absolute Gasteiger partial charge is 0.255 e. The minimum Gasteiger partial charge on any atom is -0.335 e. The number of imidazole rings is 1. The number of benzene rings is 1. The highest BCUT2D eigenvalue weighted by Crippen LogP contribution is 2.36. The first-order valence-electron chi connectivity index (χ1n) is 9.13. The summed E-state index contributed by atoms with van der Waals surface area (Å²) in [5.74, 6) is 0.885. The molecule has 25 heavy (non-hydrogen) atoms. The molecule has 0 spiro atoms. The lowest BCUT2D eigenvalue weighted by Gasteiger charge is -2.24. The van der Waals surface area contributed by atoms with Gasteiger partial charge < -0.3 is 9.30 Å². The summed E-state index contributed by atoms with van der Waals surface area (Å²) in [5, 5.41) is 0. The lowest BCUT2D eigenvalue weighted by Crippen LogP contribution is -2.35. The monoisotopic (exact) mass is 331 g/mol. The fourth-order valence-corrected chi connectivity index (χ4v) is 4.42. The zero-order chi connectivity index (χ0) is 16.8. The number of hydrogen-bond donors (Lipinski definition) is 0. The van der Waals surface area contributed by atoms with Crippen molar-refractivity contribution in [3.05, 3.63) is 60.4 Å². The third kappa shape index (κ3) is 2.53. The second-order valence-corrected chi connectivity index (χ2v) is 7.32. The average molecular weight is 331 g/mol. The standard InChI is InChI=1S/C21H21N3O/c25-21(24-12-15-5-4-8-18(24)11-15)17-9-10-20-22-19(14-23(20)13-17)16-6-2-1-3-7-16/h1-3,6-7,9-10,13-15,18H,4-5,8,11-12H2/t15-,18+/m0/s1.